The first kappa shape index (κ1) is 36.7. The number of nitrogens with zero attached hydrogens (tertiary/aromatic N) is 8. The van der Waals surface area contributed by atoms with Crippen LogP contribution in [0.1, 0.15) is 70.8 Å². The number of fused-ring (bicyclic) bond motifs is 3. The van der Waals surface area contributed by atoms with Crippen molar-refractivity contribution in [2.24, 2.45) is 5.92 Å². The summed E-state index contributed by atoms with van der Waals surface area (Å²) in [7, 11) is 0. The van der Waals surface area contributed by atoms with E-state index in [2.05, 4.69) is 36.6 Å². The summed E-state index contributed by atoms with van der Waals surface area (Å²) in [6.07, 6.45) is 8.37. The van der Waals surface area contributed by atoms with E-state index in [1.807, 2.05) is 23.0 Å². The van der Waals surface area contributed by atoms with E-state index in [0.717, 1.165) is 75.0 Å². The van der Waals surface area contributed by atoms with Crippen molar-refractivity contribution in [3.8, 4) is 5.75 Å². The van der Waals surface area contributed by atoms with Crippen molar-refractivity contribution in [2.75, 3.05) is 49.5 Å². The number of amides is 4. The number of hydrogen-bond donors (Lipinski definition) is 2. The van der Waals surface area contributed by atoms with Crippen LogP contribution in [0, 0.1) is 5.92 Å². The minimum Gasteiger partial charge on any atom is -0.485 e. The van der Waals surface area contributed by atoms with E-state index in [1.165, 1.54) is 10.7 Å². The Morgan fingerprint density at radius 1 is 1.02 bits per heavy atom. The molecule has 2 aromatic carbocycles. The Kier molecular flexibility index (Phi) is 9.76. The lowest BCUT2D eigenvalue weighted by Crippen LogP contribution is -2.52. The number of imide groups is 1. The molecule has 3 fully saturated rings. The predicted octanol–water partition coefficient (Wildman–Crippen LogP) is 4.29. The van der Waals surface area contributed by atoms with E-state index in [1.54, 1.807) is 35.5 Å². The van der Waals surface area contributed by atoms with E-state index >= 15 is 0 Å². The molecule has 1 atom stereocenters. The van der Waals surface area contributed by atoms with Gasteiger partial charge in [-0.2, -0.15) is 10.2 Å². The highest BCUT2D eigenvalue weighted by atomic mass is 19.3. The number of anilines is 2. The normalized spacial score (nSPS) is 19.8. The molecule has 0 saturated carbocycles. The second-order valence-electron chi connectivity index (χ2n) is 15.3. The SMILES string of the molecule is O=C1CCC(N2Cc3ccc(N4CCC(CN5CCC(n6cc7cc(NC(=O)c8cnn9cccnc89)c(OCC(F)F)cc7n6)CC5)CC4)cc3C2=O)C(=O)N1. The fourth-order valence-electron chi connectivity index (χ4n) is 8.65. The smallest absolute Gasteiger partial charge is 0.272 e. The fourth-order valence-corrected chi connectivity index (χ4v) is 8.65. The van der Waals surface area contributed by atoms with Gasteiger partial charge in [-0.15, -0.1) is 0 Å². The molecule has 0 radical (unpaired) electrons. The zero-order chi connectivity index (χ0) is 39.2. The number of nitrogens with one attached hydrogen (secondary N) is 2. The molecule has 3 aromatic heterocycles. The molecule has 15 nitrogen and oxygen atoms in total. The fraction of sp³-hybridized carbons (Fsp3) is 0.425. The number of alkyl halides is 2. The molecule has 5 aromatic rings. The van der Waals surface area contributed by atoms with Gasteiger partial charge in [-0.3, -0.25) is 29.2 Å². The molecule has 0 bridgehead atoms. The van der Waals surface area contributed by atoms with Crippen molar-refractivity contribution in [3.63, 3.8) is 0 Å². The molecule has 4 aliphatic heterocycles. The Balaban J connectivity index is 0.794. The molecular formula is C40H42F2N10O5. The Bertz CT molecular complexity index is 2360. The average molecular weight is 781 g/mol. The largest absolute Gasteiger partial charge is 0.485 e. The molecule has 4 amide bonds. The number of halogens is 2. The molecule has 7 heterocycles. The van der Waals surface area contributed by atoms with Crippen LogP contribution in [0.4, 0.5) is 20.2 Å². The van der Waals surface area contributed by atoms with E-state index in [0.29, 0.717) is 35.6 Å². The maximum Gasteiger partial charge on any atom is 0.272 e. The zero-order valence-corrected chi connectivity index (χ0v) is 31.2. The minimum absolute atomic E-state index is 0.104. The van der Waals surface area contributed by atoms with Crippen molar-refractivity contribution in [3.05, 3.63) is 77.9 Å². The van der Waals surface area contributed by atoms with Crippen molar-refractivity contribution < 1.29 is 32.7 Å². The van der Waals surface area contributed by atoms with E-state index in [4.69, 9.17) is 9.84 Å². The monoisotopic (exact) mass is 780 g/mol. The van der Waals surface area contributed by atoms with Crippen molar-refractivity contribution in [1.29, 1.82) is 0 Å². The van der Waals surface area contributed by atoms with Gasteiger partial charge >= 0.3 is 0 Å². The van der Waals surface area contributed by atoms with Gasteiger partial charge in [-0.05, 0) is 67.9 Å². The lowest BCUT2D eigenvalue weighted by Gasteiger charge is -2.38. The molecule has 9 rings (SSSR count). The van der Waals surface area contributed by atoms with Crippen molar-refractivity contribution in [2.45, 2.75) is 63.6 Å². The summed E-state index contributed by atoms with van der Waals surface area (Å²) in [5, 5.41) is 14.9. The van der Waals surface area contributed by atoms with Gasteiger partial charge in [0.25, 0.3) is 18.2 Å². The Morgan fingerprint density at radius 3 is 2.63 bits per heavy atom. The van der Waals surface area contributed by atoms with Crippen LogP contribution in [-0.2, 0) is 16.1 Å². The van der Waals surface area contributed by atoms with Gasteiger partial charge in [-0.25, -0.2) is 18.3 Å². The third kappa shape index (κ3) is 7.38. The third-order valence-corrected chi connectivity index (χ3v) is 11.7. The molecule has 1 unspecified atom stereocenters. The van der Waals surface area contributed by atoms with E-state index in [9.17, 15) is 28.0 Å². The molecule has 0 spiro atoms. The summed E-state index contributed by atoms with van der Waals surface area (Å²) in [6.45, 7) is 4.21. The average Bonchev–Trinajstić information content (AvgIpc) is 3.92. The quantitative estimate of drug-likeness (QED) is 0.196. The van der Waals surface area contributed by atoms with Gasteiger partial charge in [0.2, 0.25) is 11.8 Å². The predicted molar refractivity (Wildman–Crippen MR) is 204 cm³/mol. The first-order valence-electron chi connectivity index (χ1n) is 19.5. The Labute approximate surface area is 325 Å². The van der Waals surface area contributed by atoms with Crippen LogP contribution in [0.25, 0.3) is 16.6 Å². The number of hydrogen-bond acceptors (Lipinski definition) is 10. The topological polar surface area (TPSA) is 159 Å². The van der Waals surface area contributed by atoms with Crippen LogP contribution in [-0.4, -0.2) is 110 Å². The standard InChI is InChI=1S/C40H42F2N10O5/c41-35(42)23-57-34-18-31-26(16-32(34)45-38(54)30-19-44-51-11-1-10-43-37(30)51)22-52(47-31)27-8-12-48(13-9-27)20-24-6-14-49(15-7-24)28-3-2-25-21-50(40(56)29(25)17-28)33-4-5-36(53)46-39(33)55/h1-3,10-11,16-19,22,24,27,33,35H,4-9,12-15,20-21,23H2,(H,45,54)(H,46,53,55). The summed E-state index contributed by atoms with van der Waals surface area (Å²) < 4.78 is 35.2. The van der Waals surface area contributed by atoms with E-state index < -0.39 is 30.9 Å². The summed E-state index contributed by atoms with van der Waals surface area (Å²) in [4.78, 5) is 61.4. The molecular weight excluding hydrogens is 739 g/mol. The molecule has 296 valence electrons. The van der Waals surface area contributed by atoms with Gasteiger partial charge in [0.05, 0.1) is 23.4 Å². The lowest BCUT2D eigenvalue weighted by atomic mass is 9.94. The first-order chi connectivity index (χ1) is 27.7. The molecule has 2 N–H and O–H groups in total. The maximum absolute atomic E-state index is 13.4. The molecule has 57 heavy (non-hydrogen) atoms. The lowest BCUT2D eigenvalue weighted by molar-refractivity contribution is -0.136. The molecule has 3 saturated heterocycles. The zero-order valence-electron chi connectivity index (χ0n) is 31.2. The highest BCUT2D eigenvalue weighted by molar-refractivity contribution is 6.09. The summed E-state index contributed by atoms with van der Waals surface area (Å²) >= 11 is 0. The van der Waals surface area contributed by atoms with Gasteiger partial charge in [0, 0.05) is 87.0 Å². The number of piperidine rings is 3. The second-order valence-corrected chi connectivity index (χ2v) is 15.3. The van der Waals surface area contributed by atoms with Crippen molar-refractivity contribution >= 4 is 51.6 Å². The third-order valence-electron chi connectivity index (χ3n) is 11.7. The van der Waals surface area contributed by atoms with Crippen LogP contribution < -0.4 is 20.3 Å². The highest BCUT2D eigenvalue weighted by Crippen LogP contribution is 2.35. The van der Waals surface area contributed by atoms with Crippen LogP contribution in [0.3, 0.4) is 0 Å². The number of carbonyl (C=O) groups is 4. The molecule has 4 aliphatic rings. The number of carbonyl (C=O) groups excluding carboxylic acids is 4. The summed E-state index contributed by atoms with van der Waals surface area (Å²) in [5.74, 6) is -0.679. The summed E-state index contributed by atoms with van der Waals surface area (Å²) in [5.41, 5.74) is 4.01. The van der Waals surface area contributed by atoms with Crippen LogP contribution in [0.2, 0.25) is 0 Å². The van der Waals surface area contributed by atoms with E-state index in [-0.39, 0.29) is 41.3 Å². The van der Waals surface area contributed by atoms with Gasteiger partial charge in [-0.1, -0.05) is 6.07 Å². The second kappa shape index (κ2) is 15.2. The number of likely N-dealkylation sites (tertiary alicyclic amines) is 1. The van der Waals surface area contributed by atoms with Crippen LogP contribution in [0.5, 0.6) is 5.75 Å². The Hall–Kier alpha value is -5.97. The van der Waals surface area contributed by atoms with Gasteiger partial charge < -0.3 is 24.8 Å². The Morgan fingerprint density at radius 2 is 1.84 bits per heavy atom. The van der Waals surface area contributed by atoms with Crippen molar-refractivity contribution in [1.82, 2.24) is 39.5 Å². The first-order valence-corrected chi connectivity index (χ1v) is 19.5. The highest BCUT2D eigenvalue weighted by Gasteiger charge is 2.39. The molecule has 17 heteroatoms. The number of ether oxygens (including phenoxy) is 1. The minimum atomic E-state index is -2.69. The molecule has 0 aliphatic carbocycles. The van der Waals surface area contributed by atoms with Crippen LogP contribution >= 0.6 is 0 Å². The number of benzene rings is 2. The number of aromatic nitrogens is 5. The van der Waals surface area contributed by atoms with Crippen LogP contribution in [0.15, 0.2) is 61.2 Å². The maximum atomic E-state index is 13.4. The van der Waals surface area contributed by atoms with Gasteiger partial charge in [0.1, 0.15) is 24.0 Å². The van der Waals surface area contributed by atoms with Gasteiger partial charge in [0.15, 0.2) is 5.65 Å². The number of rotatable bonds is 10. The summed E-state index contributed by atoms with van der Waals surface area (Å²) in [6, 6.07) is 10.6.